The van der Waals surface area contributed by atoms with Crippen LogP contribution in [0.5, 0.6) is 0 Å². The predicted octanol–water partition coefficient (Wildman–Crippen LogP) is 2.62. The number of halogens is 1. The number of aromatic nitrogens is 3. The number of anilines is 2. The molecule has 0 radical (unpaired) electrons. The van der Waals surface area contributed by atoms with E-state index in [2.05, 4.69) is 41.2 Å². The number of carbonyl (C=O) groups is 1. The molecule has 0 aliphatic rings. The molecule has 0 saturated heterocycles. The molecule has 10 heteroatoms. The highest BCUT2D eigenvalue weighted by Crippen LogP contribution is 2.22. The molecular weight excluding hydrogens is 410 g/mol. The van der Waals surface area contributed by atoms with E-state index >= 15 is 0 Å². The Labute approximate surface area is 151 Å². The average Bonchev–Trinajstić information content (AvgIpc) is 3.08. The second-order valence-corrected chi connectivity index (χ2v) is 7.49. The number of carbonyl (C=O) groups excluding carboxylic acids is 1. The van der Waals surface area contributed by atoms with Gasteiger partial charge < -0.3 is 0 Å². The number of nitrogens with zero attached hydrogens (tertiary/aromatic N) is 2. The van der Waals surface area contributed by atoms with Crippen molar-refractivity contribution in [2.24, 2.45) is 0 Å². The van der Waals surface area contributed by atoms with Gasteiger partial charge in [-0.05, 0) is 36.4 Å². The van der Waals surface area contributed by atoms with Crippen LogP contribution in [0, 0.1) is 0 Å². The van der Waals surface area contributed by atoms with Gasteiger partial charge in [0.25, 0.3) is 15.9 Å². The molecule has 25 heavy (non-hydrogen) atoms. The van der Waals surface area contributed by atoms with Gasteiger partial charge >= 0.3 is 0 Å². The average molecular weight is 422 g/mol. The summed E-state index contributed by atoms with van der Waals surface area (Å²) in [5, 5.41) is 8.63. The van der Waals surface area contributed by atoms with Crippen LogP contribution in [0.4, 0.5) is 11.6 Å². The molecule has 0 unspecified atom stereocenters. The van der Waals surface area contributed by atoms with Crippen molar-refractivity contribution in [1.82, 2.24) is 15.2 Å². The predicted molar refractivity (Wildman–Crippen MR) is 95.7 cm³/mol. The third-order valence-electron chi connectivity index (χ3n) is 3.19. The summed E-state index contributed by atoms with van der Waals surface area (Å²) in [4.78, 5) is 16.2. The van der Waals surface area contributed by atoms with Crippen molar-refractivity contribution in [3.05, 3.63) is 64.9 Å². The molecule has 2 aromatic carbocycles. The molecule has 0 spiro atoms. The molecule has 8 nitrogen and oxygen atoms in total. The quantitative estimate of drug-likeness (QED) is 0.585. The van der Waals surface area contributed by atoms with Crippen LogP contribution in [0.1, 0.15) is 10.4 Å². The maximum Gasteiger partial charge on any atom is 0.261 e. The van der Waals surface area contributed by atoms with E-state index < -0.39 is 15.9 Å². The van der Waals surface area contributed by atoms with Gasteiger partial charge in [0.2, 0.25) is 5.95 Å². The molecule has 0 aliphatic heterocycles. The van der Waals surface area contributed by atoms with Gasteiger partial charge in [-0.2, -0.15) is 10.1 Å². The van der Waals surface area contributed by atoms with E-state index in [4.69, 9.17) is 0 Å². The highest BCUT2D eigenvalue weighted by atomic mass is 79.9. The largest absolute Gasteiger partial charge is 0.291 e. The van der Waals surface area contributed by atoms with Crippen LogP contribution < -0.4 is 10.0 Å². The Morgan fingerprint density at radius 3 is 2.48 bits per heavy atom. The topological polar surface area (TPSA) is 117 Å². The van der Waals surface area contributed by atoms with Crippen LogP contribution in [-0.4, -0.2) is 29.5 Å². The van der Waals surface area contributed by atoms with Crippen LogP contribution in [-0.2, 0) is 10.0 Å². The number of aromatic amines is 1. The molecule has 3 aromatic rings. The molecule has 128 valence electrons. The lowest BCUT2D eigenvalue weighted by Gasteiger charge is -2.12. The number of para-hydroxylation sites is 1. The highest BCUT2D eigenvalue weighted by molar-refractivity contribution is 9.10. The van der Waals surface area contributed by atoms with Crippen LogP contribution in [0.2, 0.25) is 0 Å². The van der Waals surface area contributed by atoms with Crippen molar-refractivity contribution < 1.29 is 13.2 Å². The van der Waals surface area contributed by atoms with Crippen molar-refractivity contribution in [2.45, 2.75) is 4.90 Å². The van der Waals surface area contributed by atoms with Crippen molar-refractivity contribution in [3.8, 4) is 0 Å². The second kappa shape index (κ2) is 7.03. The number of hydrogen-bond acceptors (Lipinski definition) is 5. The SMILES string of the molecule is O=C(Nc1ncn[nH]1)c1ccccc1NS(=O)(=O)c1ccc(Br)cc1. The van der Waals surface area contributed by atoms with E-state index in [9.17, 15) is 13.2 Å². The van der Waals surface area contributed by atoms with E-state index in [-0.39, 0.29) is 22.1 Å². The van der Waals surface area contributed by atoms with E-state index in [1.807, 2.05) is 0 Å². The zero-order valence-electron chi connectivity index (χ0n) is 12.6. The molecule has 0 fully saturated rings. The van der Waals surface area contributed by atoms with Crippen LogP contribution >= 0.6 is 15.9 Å². The molecule has 1 aromatic heterocycles. The first-order valence-electron chi connectivity index (χ1n) is 7.00. The Kier molecular flexibility index (Phi) is 4.81. The zero-order chi connectivity index (χ0) is 17.9. The number of H-pyrrole nitrogens is 1. The van der Waals surface area contributed by atoms with Crippen molar-refractivity contribution in [1.29, 1.82) is 0 Å². The minimum absolute atomic E-state index is 0.0844. The number of nitrogens with one attached hydrogen (secondary N) is 3. The molecule has 1 amide bonds. The zero-order valence-corrected chi connectivity index (χ0v) is 15.0. The van der Waals surface area contributed by atoms with Gasteiger partial charge in [0.1, 0.15) is 6.33 Å². The molecular formula is C15H12BrN5O3S. The number of benzene rings is 2. The first-order valence-corrected chi connectivity index (χ1v) is 9.27. The Morgan fingerprint density at radius 1 is 1.08 bits per heavy atom. The summed E-state index contributed by atoms with van der Waals surface area (Å²) in [6.45, 7) is 0. The summed E-state index contributed by atoms with van der Waals surface area (Å²) in [5.74, 6) is -0.360. The summed E-state index contributed by atoms with van der Waals surface area (Å²) in [6.07, 6.45) is 1.25. The lowest BCUT2D eigenvalue weighted by atomic mass is 10.2. The lowest BCUT2D eigenvalue weighted by molar-refractivity contribution is 0.102. The lowest BCUT2D eigenvalue weighted by Crippen LogP contribution is -2.19. The minimum atomic E-state index is -3.83. The van der Waals surface area contributed by atoms with Gasteiger partial charge in [0.05, 0.1) is 16.1 Å². The standard InChI is InChI=1S/C15H12BrN5O3S/c16-10-5-7-11(8-6-10)25(23,24)21-13-4-2-1-3-12(13)14(22)19-15-17-9-18-20-15/h1-9,21H,(H2,17,18,19,20,22). The maximum atomic E-state index is 12.5. The summed E-state index contributed by atoms with van der Waals surface area (Å²) in [5.41, 5.74) is 0.307. The van der Waals surface area contributed by atoms with Gasteiger partial charge in [0, 0.05) is 4.47 Å². The van der Waals surface area contributed by atoms with E-state index in [0.29, 0.717) is 0 Å². The Hall–Kier alpha value is -2.72. The van der Waals surface area contributed by atoms with Gasteiger partial charge in [-0.25, -0.2) is 13.5 Å². The van der Waals surface area contributed by atoms with Crippen LogP contribution in [0.15, 0.2) is 64.2 Å². The van der Waals surface area contributed by atoms with Gasteiger partial charge in [-0.1, -0.05) is 28.1 Å². The molecule has 0 bridgehead atoms. The van der Waals surface area contributed by atoms with E-state index in [0.717, 1.165) is 4.47 Å². The number of sulfonamides is 1. The normalized spacial score (nSPS) is 11.1. The molecule has 0 atom stereocenters. The van der Waals surface area contributed by atoms with Gasteiger partial charge in [-0.3, -0.25) is 14.8 Å². The van der Waals surface area contributed by atoms with Crippen molar-refractivity contribution >= 4 is 43.5 Å². The first kappa shape index (κ1) is 17.1. The van der Waals surface area contributed by atoms with E-state index in [1.54, 1.807) is 24.3 Å². The fourth-order valence-electron chi connectivity index (χ4n) is 2.03. The van der Waals surface area contributed by atoms with Crippen molar-refractivity contribution in [3.63, 3.8) is 0 Å². The summed E-state index contributed by atoms with van der Waals surface area (Å²) >= 11 is 3.26. The number of rotatable bonds is 5. The molecule has 1 heterocycles. The third-order valence-corrected chi connectivity index (χ3v) is 5.10. The Balaban J connectivity index is 1.88. The summed E-state index contributed by atoms with van der Waals surface area (Å²) in [6, 6.07) is 12.4. The minimum Gasteiger partial charge on any atom is -0.291 e. The fraction of sp³-hybridized carbons (Fsp3) is 0. The molecule has 0 saturated carbocycles. The highest BCUT2D eigenvalue weighted by Gasteiger charge is 2.19. The maximum absolute atomic E-state index is 12.5. The summed E-state index contributed by atoms with van der Waals surface area (Å²) < 4.78 is 28.2. The van der Waals surface area contributed by atoms with Crippen molar-refractivity contribution in [2.75, 3.05) is 10.0 Å². The smallest absolute Gasteiger partial charge is 0.261 e. The van der Waals surface area contributed by atoms with E-state index in [1.165, 1.54) is 30.6 Å². The van der Waals surface area contributed by atoms with Crippen LogP contribution in [0.25, 0.3) is 0 Å². The molecule has 3 N–H and O–H groups in total. The third kappa shape index (κ3) is 4.03. The Morgan fingerprint density at radius 2 is 1.80 bits per heavy atom. The van der Waals surface area contributed by atoms with Gasteiger partial charge in [0.15, 0.2) is 0 Å². The number of hydrogen-bond donors (Lipinski definition) is 3. The second-order valence-electron chi connectivity index (χ2n) is 4.89. The van der Waals surface area contributed by atoms with Crippen LogP contribution in [0.3, 0.4) is 0 Å². The summed E-state index contributed by atoms with van der Waals surface area (Å²) in [7, 11) is -3.83. The number of amides is 1. The molecule has 0 aliphatic carbocycles. The van der Waals surface area contributed by atoms with Gasteiger partial charge in [-0.15, -0.1) is 0 Å². The fourth-order valence-corrected chi connectivity index (χ4v) is 3.37. The Bertz CT molecular complexity index is 988. The first-order chi connectivity index (χ1) is 12.0. The molecule has 3 rings (SSSR count). The monoisotopic (exact) mass is 421 g/mol.